The van der Waals surface area contributed by atoms with Crippen molar-refractivity contribution in [2.45, 2.75) is 0 Å². The van der Waals surface area contributed by atoms with Crippen LogP contribution in [-0.4, -0.2) is 0 Å². The van der Waals surface area contributed by atoms with E-state index in [4.69, 9.17) is 8.83 Å². The molecule has 11 rings (SSSR count). The molecule has 9 aromatic carbocycles. The van der Waals surface area contributed by atoms with E-state index < -0.39 is 0 Å². The molecular formula is C48H28O2. The van der Waals surface area contributed by atoms with Gasteiger partial charge in [-0.1, -0.05) is 146 Å². The van der Waals surface area contributed by atoms with Crippen molar-refractivity contribution in [3.05, 3.63) is 170 Å². The van der Waals surface area contributed by atoms with E-state index in [0.717, 1.165) is 55.0 Å². The van der Waals surface area contributed by atoms with Crippen molar-refractivity contribution >= 4 is 76.2 Å². The molecule has 0 saturated carbocycles. The van der Waals surface area contributed by atoms with E-state index in [9.17, 15) is 0 Å². The van der Waals surface area contributed by atoms with Crippen LogP contribution in [0.5, 0.6) is 0 Å². The van der Waals surface area contributed by atoms with E-state index in [0.29, 0.717) is 0 Å². The molecule has 0 fully saturated rings. The zero-order valence-electron chi connectivity index (χ0n) is 27.0. The Morgan fingerprint density at radius 3 is 1.46 bits per heavy atom. The molecule has 0 bridgehead atoms. The Labute approximate surface area is 287 Å². The highest BCUT2D eigenvalue weighted by Gasteiger charge is 2.21. The van der Waals surface area contributed by atoms with Gasteiger partial charge >= 0.3 is 0 Å². The standard InChI is InChI=1S/C48H28O2/c1-2-12-32-27-33(26-21-29(32)11-1)45-37-16-5-3-14-35(37)44(36-15-4-6-17-38(36)45)31-24-22-30(23-25-31)40-28-41-34-13-7-9-19-42(34)49-48(41)46-39-18-8-10-20-43(39)50-47(40)46/h1-28H. The van der Waals surface area contributed by atoms with Crippen LogP contribution in [0.15, 0.2) is 179 Å². The molecule has 2 nitrogen and oxygen atoms in total. The fourth-order valence-corrected chi connectivity index (χ4v) is 8.19. The lowest BCUT2D eigenvalue weighted by molar-refractivity contribution is 0.663. The van der Waals surface area contributed by atoms with Crippen molar-refractivity contribution in [1.82, 2.24) is 0 Å². The van der Waals surface area contributed by atoms with E-state index in [1.165, 1.54) is 54.6 Å². The van der Waals surface area contributed by atoms with Gasteiger partial charge in [-0.05, 0) is 84.4 Å². The SMILES string of the molecule is c1ccc2cc(-c3c4ccccc4c(-c4ccc(-c5cc6c7ccccc7oc6c6c5oc5ccccc56)cc4)c4ccccc34)ccc2c1. The Morgan fingerprint density at radius 1 is 0.300 bits per heavy atom. The molecule has 50 heavy (non-hydrogen) atoms. The van der Waals surface area contributed by atoms with Crippen molar-refractivity contribution in [1.29, 1.82) is 0 Å². The fourth-order valence-electron chi connectivity index (χ4n) is 8.19. The third-order valence-corrected chi connectivity index (χ3v) is 10.4. The number of hydrogen-bond acceptors (Lipinski definition) is 2. The first kappa shape index (κ1) is 27.3. The monoisotopic (exact) mass is 636 g/mol. The van der Waals surface area contributed by atoms with Crippen molar-refractivity contribution in [3.63, 3.8) is 0 Å². The molecule has 0 radical (unpaired) electrons. The molecule has 0 unspecified atom stereocenters. The summed E-state index contributed by atoms with van der Waals surface area (Å²) in [5, 5.41) is 11.8. The predicted molar refractivity (Wildman–Crippen MR) is 210 cm³/mol. The van der Waals surface area contributed by atoms with E-state index in [1.807, 2.05) is 24.3 Å². The van der Waals surface area contributed by atoms with Crippen LogP contribution in [0.3, 0.4) is 0 Å². The lowest BCUT2D eigenvalue weighted by Crippen LogP contribution is -1.91. The van der Waals surface area contributed by atoms with Crippen LogP contribution in [0.2, 0.25) is 0 Å². The van der Waals surface area contributed by atoms with Gasteiger partial charge in [-0.2, -0.15) is 0 Å². The van der Waals surface area contributed by atoms with E-state index in [-0.39, 0.29) is 0 Å². The minimum Gasteiger partial charge on any atom is -0.455 e. The molecular weight excluding hydrogens is 609 g/mol. The minimum absolute atomic E-state index is 0.848. The summed E-state index contributed by atoms with van der Waals surface area (Å²) in [6.07, 6.45) is 0. The predicted octanol–water partition coefficient (Wildman–Crippen LogP) is 13.9. The van der Waals surface area contributed by atoms with Gasteiger partial charge in [-0.15, -0.1) is 0 Å². The normalized spacial score (nSPS) is 12.0. The zero-order valence-corrected chi connectivity index (χ0v) is 27.0. The number of rotatable bonds is 3. The van der Waals surface area contributed by atoms with Gasteiger partial charge in [-0.3, -0.25) is 0 Å². The van der Waals surface area contributed by atoms with Gasteiger partial charge in [0.2, 0.25) is 0 Å². The highest BCUT2D eigenvalue weighted by atomic mass is 16.3. The van der Waals surface area contributed by atoms with Gasteiger partial charge in [0.25, 0.3) is 0 Å². The second-order valence-electron chi connectivity index (χ2n) is 13.2. The number of furan rings is 2. The van der Waals surface area contributed by atoms with Crippen molar-refractivity contribution in [3.8, 4) is 33.4 Å². The number of para-hydroxylation sites is 2. The number of fused-ring (bicyclic) bond motifs is 10. The maximum Gasteiger partial charge on any atom is 0.147 e. The van der Waals surface area contributed by atoms with Gasteiger partial charge in [0.15, 0.2) is 0 Å². The molecule has 232 valence electrons. The molecule has 2 aromatic heterocycles. The maximum atomic E-state index is 6.59. The average Bonchev–Trinajstić information content (AvgIpc) is 3.75. The summed E-state index contributed by atoms with van der Waals surface area (Å²) in [6.45, 7) is 0. The first-order chi connectivity index (χ1) is 24.8. The van der Waals surface area contributed by atoms with Crippen LogP contribution < -0.4 is 0 Å². The van der Waals surface area contributed by atoms with Crippen molar-refractivity contribution < 1.29 is 8.83 Å². The smallest absolute Gasteiger partial charge is 0.147 e. The summed E-state index contributed by atoms with van der Waals surface area (Å²) in [6, 6.07) is 60.9. The van der Waals surface area contributed by atoms with Crippen LogP contribution in [0.1, 0.15) is 0 Å². The quantitative estimate of drug-likeness (QED) is 0.180. The van der Waals surface area contributed by atoms with E-state index in [1.54, 1.807) is 0 Å². The molecule has 0 spiro atoms. The number of benzene rings is 9. The second kappa shape index (κ2) is 10.4. The molecule has 0 atom stereocenters. The molecule has 0 amide bonds. The van der Waals surface area contributed by atoms with E-state index in [2.05, 4.69) is 146 Å². The zero-order chi connectivity index (χ0) is 32.8. The molecule has 11 aromatic rings. The van der Waals surface area contributed by atoms with Crippen LogP contribution in [0.25, 0.3) is 110 Å². The van der Waals surface area contributed by atoms with Gasteiger partial charge < -0.3 is 8.83 Å². The van der Waals surface area contributed by atoms with Crippen LogP contribution >= 0.6 is 0 Å². The van der Waals surface area contributed by atoms with Gasteiger partial charge in [0.1, 0.15) is 22.3 Å². The second-order valence-corrected chi connectivity index (χ2v) is 13.2. The largest absolute Gasteiger partial charge is 0.455 e. The molecule has 0 aliphatic heterocycles. The summed E-state index contributed by atoms with van der Waals surface area (Å²) in [7, 11) is 0. The Kier molecular flexibility index (Phi) is 5.70. The summed E-state index contributed by atoms with van der Waals surface area (Å²) in [5.41, 5.74) is 10.6. The van der Waals surface area contributed by atoms with Crippen LogP contribution in [-0.2, 0) is 0 Å². The minimum atomic E-state index is 0.848. The topological polar surface area (TPSA) is 26.3 Å². The van der Waals surface area contributed by atoms with Gasteiger partial charge in [0, 0.05) is 21.7 Å². The molecule has 0 aliphatic carbocycles. The summed E-state index contributed by atoms with van der Waals surface area (Å²) in [4.78, 5) is 0. The average molecular weight is 637 g/mol. The van der Waals surface area contributed by atoms with Crippen molar-refractivity contribution in [2.75, 3.05) is 0 Å². The molecule has 0 N–H and O–H groups in total. The Balaban J connectivity index is 1.14. The third-order valence-electron chi connectivity index (χ3n) is 10.4. The first-order valence-corrected chi connectivity index (χ1v) is 17.1. The summed E-state index contributed by atoms with van der Waals surface area (Å²) < 4.78 is 13.1. The summed E-state index contributed by atoms with van der Waals surface area (Å²) in [5.74, 6) is 0. The summed E-state index contributed by atoms with van der Waals surface area (Å²) >= 11 is 0. The first-order valence-electron chi connectivity index (χ1n) is 17.1. The molecule has 2 heteroatoms. The molecule has 2 heterocycles. The Bertz CT molecular complexity index is 3080. The highest BCUT2D eigenvalue weighted by Crippen LogP contribution is 2.46. The lowest BCUT2D eigenvalue weighted by Gasteiger charge is -2.18. The van der Waals surface area contributed by atoms with Crippen LogP contribution in [0, 0.1) is 0 Å². The Morgan fingerprint density at radius 2 is 0.780 bits per heavy atom. The fraction of sp³-hybridized carbons (Fsp3) is 0. The molecule has 0 saturated heterocycles. The van der Waals surface area contributed by atoms with E-state index >= 15 is 0 Å². The molecule has 0 aliphatic rings. The van der Waals surface area contributed by atoms with Crippen LogP contribution in [0.4, 0.5) is 0 Å². The van der Waals surface area contributed by atoms with Gasteiger partial charge in [0.05, 0.1) is 5.39 Å². The Hall–Kier alpha value is -6.64. The van der Waals surface area contributed by atoms with Crippen molar-refractivity contribution in [2.24, 2.45) is 0 Å². The maximum absolute atomic E-state index is 6.59. The third kappa shape index (κ3) is 3.90. The number of hydrogen-bond donors (Lipinski definition) is 0. The lowest BCUT2D eigenvalue weighted by atomic mass is 9.85. The van der Waals surface area contributed by atoms with Gasteiger partial charge in [-0.25, -0.2) is 0 Å². The highest BCUT2D eigenvalue weighted by molar-refractivity contribution is 6.25.